The number of hydrogen-bond donors (Lipinski definition) is 1. The molecule has 1 aromatic carbocycles. The zero-order valence-electron chi connectivity index (χ0n) is 9.76. The molecule has 96 valence electrons. The number of sulfone groups is 1. The molecular weight excluding hydrogens is 254 g/mol. The molecule has 0 aliphatic carbocycles. The Hall–Kier alpha value is -1.73. The Morgan fingerprint density at radius 1 is 1.33 bits per heavy atom. The molecule has 6 nitrogen and oxygen atoms in total. The molecule has 0 saturated heterocycles. The van der Waals surface area contributed by atoms with Crippen LogP contribution in [0.15, 0.2) is 36.5 Å². The largest absolute Gasteiger partial charge is 0.386 e. The summed E-state index contributed by atoms with van der Waals surface area (Å²) in [6, 6.07) is 9.09. The fraction of sp³-hybridized carbons (Fsp3) is 0.273. The van der Waals surface area contributed by atoms with Crippen molar-refractivity contribution in [3.05, 3.63) is 42.2 Å². The number of aromatic nitrogens is 3. The molecule has 7 heteroatoms. The number of aliphatic hydroxyl groups is 1. The third-order valence-corrected chi connectivity index (χ3v) is 3.30. The average molecular weight is 267 g/mol. The minimum atomic E-state index is -3.27. The lowest BCUT2D eigenvalue weighted by Gasteiger charge is -2.11. The van der Waals surface area contributed by atoms with Crippen molar-refractivity contribution < 1.29 is 13.5 Å². The second-order valence-corrected chi connectivity index (χ2v) is 6.20. The van der Waals surface area contributed by atoms with Crippen LogP contribution in [0.5, 0.6) is 0 Å². The van der Waals surface area contributed by atoms with E-state index in [0.717, 1.165) is 11.9 Å². The maximum atomic E-state index is 11.2. The van der Waals surface area contributed by atoms with E-state index in [2.05, 4.69) is 10.3 Å². The lowest BCUT2D eigenvalue weighted by molar-refractivity contribution is 0.193. The summed E-state index contributed by atoms with van der Waals surface area (Å²) in [5, 5.41) is 17.5. The Balaban J connectivity index is 2.34. The molecule has 1 unspecified atom stereocenters. The number of para-hydroxylation sites is 1. The van der Waals surface area contributed by atoms with Gasteiger partial charge in [0.05, 0.1) is 23.3 Å². The van der Waals surface area contributed by atoms with E-state index in [1.54, 1.807) is 12.1 Å². The summed E-state index contributed by atoms with van der Waals surface area (Å²) in [4.78, 5) is 0. The van der Waals surface area contributed by atoms with Gasteiger partial charge in [-0.25, -0.2) is 13.1 Å². The molecule has 2 rings (SSSR count). The molecule has 0 amide bonds. The van der Waals surface area contributed by atoms with Crippen LogP contribution in [0.2, 0.25) is 0 Å². The molecule has 0 aliphatic rings. The molecule has 1 atom stereocenters. The lowest BCUT2D eigenvalue weighted by Crippen LogP contribution is -2.16. The zero-order chi connectivity index (χ0) is 13.2. The Labute approximate surface area is 105 Å². The van der Waals surface area contributed by atoms with Crippen LogP contribution in [0.25, 0.3) is 5.69 Å². The van der Waals surface area contributed by atoms with E-state index in [0.29, 0.717) is 5.69 Å². The maximum absolute atomic E-state index is 11.2. The van der Waals surface area contributed by atoms with Crippen molar-refractivity contribution >= 4 is 9.84 Å². The SMILES string of the molecule is CS(=O)(=O)CC(O)c1cnnn1-c1ccccc1. The summed E-state index contributed by atoms with van der Waals surface area (Å²) < 4.78 is 23.8. The summed E-state index contributed by atoms with van der Waals surface area (Å²) in [5.74, 6) is -0.354. The van der Waals surface area contributed by atoms with Gasteiger partial charge in [-0.05, 0) is 12.1 Å². The van der Waals surface area contributed by atoms with Crippen LogP contribution < -0.4 is 0 Å². The first kappa shape index (κ1) is 12.7. The number of benzene rings is 1. The van der Waals surface area contributed by atoms with Crippen molar-refractivity contribution in [3.8, 4) is 5.69 Å². The molecule has 18 heavy (non-hydrogen) atoms. The summed E-state index contributed by atoms with van der Waals surface area (Å²) in [6.07, 6.45) is 1.30. The number of aliphatic hydroxyl groups excluding tert-OH is 1. The highest BCUT2D eigenvalue weighted by atomic mass is 32.2. The summed E-state index contributed by atoms with van der Waals surface area (Å²) in [5.41, 5.74) is 1.07. The Morgan fingerprint density at radius 3 is 2.61 bits per heavy atom. The van der Waals surface area contributed by atoms with Crippen LogP contribution in [0.3, 0.4) is 0 Å². The van der Waals surface area contributed by atoms with Gasteiger partial charge in [0.15, 0.2) is 0 Å². The molecule has 1 aromatic heterocycles. The van der Waals surface area contributed by atoms with Crippen molar-refractivity contribution in [1.29, 1.82) is 0 Å². The second-order valence-electron chi connectivity index (χ2n) is 4.01. The van der Waals surface area contributed by atoms with Crippen molar-refractivity contribution in [2.24, 2.45) is 0 Å². The molecule has 0 bridgehead atoms. The molecule has 0 spiro atoms. The molecule has 2 aromatic rings. The highest BCUT2D eigenvalue weighted by Gasteiger charge is 2.19. The standard InChI is InChI=1S/C11H13N3O3S/c1-18(16,17)8-11(15)10-7-12-13-14(10)9-5-3-2-4-6-9/h2-7,11,15H,8H2,1H3. The van der Waals surface area contributed by atoms with E-state index >= 15 is 0 Å². The number of rotatable bonds is 4. The van der Waals surface area contributed by atoms with Crippen LogP contribution in [0, 0.1) is 0 Å². The van der Waals surface area contributed by atoms with E-state index in [9.17, 15) is 13.5 Å². The first-order chi connectivity index (χ1) is 8.47. The first-order valence-electron chi connectivity index (χ1n) is 5.29. The maximum Gasteiger partial charge on any atom is 0.150 e. The van der Waals surface area contributed by atoms with Gasteiger partial charge in [-0.15, -0.1) is 5.10 Å². The van der Waals surface area contributed by atoms with E-state index in [4.69, 9.17) is 0 Å². The van der Waals surface area contributed by atoms with Gasteiger partial charge in [0, 0.05) is 6.26 Å². The summed E-state index contributed by atoms with van der Waals surface area (Å²) >= 11 is 0. The molecule has 1 N–H and O–H groups in total. The summed E-state index contributed by atoms with van der Waals surface area (Å²) in [7, 11) is -3.27. The highest BCUT2D eigenvalue weighted by molar-refractivity contribution is 7.90. The summed E-state index contributed by atoms with van der Waals surface area (Å²) in [6.45, 7) is 0. The van der Waals surface area contributed by atoms with E-state index in [1.807, 2.05) is 18.2 Å². The van der Waals surface area contributed by atoms with Gasteiger partial charge in [-0.2, -0.15) is 0 Å². The molecule has 0 aliphatic heterocycles. The predicted molar refractivity (Wildman–Crippen MR) is 66.0 cm³/mol. The average Bonchev–Trinajstić information content (AvgIpc) is 2.76. The number of nitrogens with zero attached hydrogens (tertiary/aromatic N) is 3. The third-order valence-electron chi connectivity index (χ3n) is 2.38. The quantitative estimate of drug-likeness (QED) is 0.863. The highest BCUT2D eigenvalue weighted by Crippen LogP contribution is 2.17. The van der Waals surface area contributed by atoms with Crippen LogP contribution in [-0.2, 0) is 9.84 Å². The van der Waals surface area contributed by atoms with Gasteiger partial charge in [-0.1, -0.05) is 23.4 Å². The van der Waals surface area contributed by atoms with Crippen LogP contribution in [0.4, 0.5) is 0 Å². The molecule has 0 fully saturated rings. The second kappa shape index (κ2) is 4.87. The topological polar surface area (TPSA) is 85.1 Å². The monoisotopic (exact) mass is 267 g/mol. The Bertz CT molecular complexity index is 622. The lowest BCUT2D eigenvalue weighted by atomic mass is 10.2. The van der Waals surface area contributed by atoms with E-state index in [1.165, 1.54) is 10.9 Å². The van der Waals surface area contributed by atoms with Crippen molar-refractivity contribution in [2.45, 2.75) is 6.10 Å². The zero-order valence-corrected chi connectivity index (χ0v) is 10.6. The Kier molecular flexibility index (Phi) is 3.44. The van der Waals surface area contributed by atoms with Gasteiger partial charge in [0.1, 0.15) is 15.9 Å². The van der Waals surface area contributed by atoms with Gasteiger partial charge >= 0.3 is 0 Å². The number of hydrogen-bond acceptors (Lipinski definition) is 5. The third kappa shape index (κ3) is 2.93. The molecule has 0 saturated carbocycles. The van der Waals surface area contributed by atoms with E-state index < -0.39 is 15.9 Å². The van der Waals surface area contributed by atoms with Gasteiger partial charge in [-0.3, -0.25) is 0 Å². The fourth-order valence-electron chi connectivity index (χ4n) is 1.61. The smallest absolute Gasteiger partial charge is 0.150 e. The Morgan fingerprint density at radius 2 is 2.00 bits per heavy atom. The van der Waals surface area contributed by atoms with Crippen LogP contribution >= 0.6 is 0 Å². The fourth-order valence-corrected chi connectivity index (χ4v) is 2.36. The molecule has 1 heterocycles. The molecule has 0 radical (unpaired) electrons. The predicted octanol–water partition coefficient (Wildman–Crippen LogP) is 0.345. The van der Waals surface area contributed by atoms with E-state index in [-0.39, 0.29) is 5.75 Å². The minimum absolute atomic E-state index is 0.353. The van der Waals surface area contributed by atoms with Gasteiger partial charge < -0.3 is 5.11 Å². The normalized spacial score (nSPS) is 13.4. The van der Waals surface area contributed by atoms with Crippen LogP contribution in [0.1, 0.15) is 11.8 Å². The van der Waals surface area contributed by atoms with Crippen LogP contribution in [-0.4, -0.2) is 40.5 Å². The minimum Gasteiger partial charge on any atom is -0.386 e. The first-order valence-corrected chi connectivity index (χ1v) is 7.35. The van der Waals surface area contributed by atoms with Gasteiger partial charge in [0.25, 0.3) is 0 Å². The van der Waals surface area contributed by atoms with Crippen molar-refractivity contribution in [2.75, 3.05) is 12.0 Å². The van der Waals surface area contributed by atoms with Gasteiger partial charge in [0.2, 0.25) is 0 Å². The van der Waals surface area contributed by atoms with Crippen molar-refractivity contribution in [1.82, 2.24) is 15.0 Å². The molecular formula is C11H13N3O3S. The van der Waals surface area contributed by atoms with Crippen molar-refractivity contribution in [3.63, 3.8) is 0 Å².